The standard InChI is InChI=1S/C23H28F3N6O5PS/c1-5-36-38(33,37-6-2)18-11-9-17(10-12-18)30-22-29-15-19(23(24,25)26)20(31-22)28-14-16-8-7-13-27-21(16)32(3)39(4,34)35/h7-13,15H,5-6,14H2,1-4H3,(H2,28,29,30,31). The lowest BCUT2D eigenvalue weighted by Gasteiger charge is -2.20. The molecular weight excluding hydrogens is 560 g/mol. The van der Waals surface area contributed by atoms with Crippen LogP contribution in [0.5, 0.6) is 0 Å². The van der Waals surface area contributed by atoms with E-state index in [2.05, 4.69) is 25.6 Å². The lowest BCUT2D eigenvalue weighted by atomic mass is 10.2. The molecule has 0 saturated heterocycles. The fraction of sp³-hybridized carbons (Fsp3) is 0.348. The van der Waals surface area contributed by atoms with Gasteiger partial charge in [0.1, 0.15) is 17.2 Å². The van der Waals surface area contributed by atoms with E-state index in [9.17, 15) is 26.2 Å². The van der Waals surface area contributed by atoms with Crippen LogP contribution in [0.25, 0.3) is 0 Å². The van der Waals surface area contributed by atoms with Gasteiger partial charge in [0, 0.05) is 37.2 Å². The van der Waals surface area contributed by atoms with Crippen molar-refractivity contribution < 1.29 is 35.2 Å². The molecule has 0 aliphatic heterocycles. The number of hydrogen-bond acceptors (Lipinski definition) is 10. The Morgan fingerprint density at radius 2 is 1.69 bits per heavy atom. The van der Waals surface area contributed by atoms with Crippen molar-refractivity contribution in [3.63, 3.8) is 0 Å². The lowest BCUT2D eigenvalue weighted by molar-refractivity contribution is -0.137. The third kappa shape index (κ3) is 7.66. The third-order valence-electron chi connectivity index (χ3n) is 5.24. The Kier molecular flexibility index (Phi) is 9.54. The average molecular weight is 589 g/mol. The molecule has 2 heterocycles. The Morgan fingerprint density at radius 3 is 2.26 bits per heavy atom. The van der Waals surface area contributed by atoms with Gasteiger partial charge >= 0.3 is 13.8 Å². The molecule has 0 bridgehead atoms. The highest BCUT2D eigenvalue weighted by Gasteiger charge is 2.35. The van der Waals surface area contributed by atoms with E-state index in [1.807, 2.05) is 0 Å². The van der Waals surface area contributed by atoms with Crippen LogP contribution in [-0.4, -0.2) is 49.9 Å². The van der Waals surface area contributed by atoms with E-state index in [1.54, 1.807) is 13.8 Å². The van der Waals surface area contributed by atoms with Crippen molar-refractivity contribution in [2.24, 2.45) is 0 Å². The van der Waals surface area contributed by atoms with Gasteiger partial charge in [0.05, 0.1) is 24.8 Å². The normalized spacial score (nSPS) is 12.3. The van der Waals surface area contributed by atoms with Crippen molar-refractivity contribution in [1.82, 2.24) is 15.0 Å². The van der Waals surface area contributed by atoms with Gasteiger partial charge in [-0.2, -0.15) is 18.2 Å². The van der Waals surface area contributed by atoms with Crippen molar-refractivity contribution in [1.29, 1.82) is 0 Å². The molecular formula is C23H28F3N6O5PS. The Morgan fingerprint density at radius 1 is 1.05 bits per heavy atom. The molecule has 0 radical (unpaired) electrons. The monoisotopic (exact) mass is 588 g/mol. The van der Waals surface area contributed by atoms with Gasteiger partial charge in [0.15, 0.2) is 0 Å². The summed E-state index contributed by atoms with van der Waals surface area (Å²) >= 11 is 0. The lowest BCUT2D eigenvalue weighted by Crippen LogP contribution is -2.27. The minimum Gasteiger partial charge on any atom is -0.365 e. The number of hydrogen-bond donors (Lipinski definition) is 2. The smallest absolute Gasteiger partial charge is 0.365 e. The summed E-state index contributed by atoms with van der Waals surface area (Å²) in [5, 5.41) is 5.75. The maximum Gasteiger partial charge on any atom is 0.421 e. The largest absolute Gasteiger partial charge is 0.421 e. The number of halogens is 3. The van der Waals surface area contributed by atoms with Gasteiger partial charge < -0.3 is 19.7 Å². The van der Waals surface area contributed by atoms with E-state index in [4.69, 9.17) is 9.05 Å². The Bertz CT molecular complexity index is 1430. The SMILES string of the molecule is CCOP(=O)(OCC)c1ccc(Nc2ncc(C(F)(F)F)c(NCc3cccnc3N(C)S(C)(=O)=O)n2)cc1. The number of nitrogens with zero attached hydrogens (tertiary/aromatic N) is 4. The second kappa shape index (κ2) is 12.3. The number of rotatable bonds is 12. The number of anilines is 4. The topological polar surface area (TPSA) is 136 Å². The summed E-state index contributed by atoms with van der Waals surface area (Å²) in [6.07, 6.45) is -1.76. The van der Waals surface area contributed by atoms with Gasteiger partial charge in [-0.05, 0) is 44.2 Å². The number of nitrogens with one attached hydrogen (secondary N) is 2. The van der Waals surface area contributed by atoms with Crippen LogP contribution in [0.3, 0.4) is 0 Å². The van der Waals surface area contributed by atoms with Gasteiger partial charge in [-0.25, -0.2) is 18.4 Å². The van der Waals surface area contributed by atoms with E-state index < -0.39 is 35.2 Å². The van der Waals surface area contributed by atoms with Gasteiger partial charge in [0.2, 0.25) is 16.0 Å². The summed E-state index contributed by atoms with van der Waals surface area (Å²) < 4.78 is 89.5. The summed E-state index contributed by atoms with van der Waals surface area (Å²) in [5.41, 5.74) is -0.372. The number of pyridine rings is 1. The minimum absolute atomic E-state index is 0.0601. The highest BCUT2D eigenvalue weighted by molar-refractivity contribution is 7.92. The van der Waals surface area contributed by atoms with Crippen molar-refractivity contribution in [2.75, 3.05) is 41.5 Å². The molecule has 1 aromatic carbocycles. The third-order valence-corrected chi connectivity index (χ3v) is 8.54. The zero-order valence-electron chi connectivity index (χ0n) is 21.6. The quantitative estimate of drug-likeness (QED) is 0.291. The molecule has 0 saturated carbocycles. The van der Waals surface area contributed by atoms with Crippen LogP contribution in [-0.2, 0) is 36.4 Å². The first-order valence-electron chi connectivity index (χ1n) is 11.6. The predicted octanol–water partition coefficient (Wildman–Crippen LogP) is 4.53. The van der Waals surface area contributed by atoms with E-state index >= 15 is 0 Å². The minimum atomic E-state index is -4.76. The molecule has 2 aromatic heterocycles. The fourth-order valence-corrected chi connectivity index (χ4v) is 5.40. The molecule has 3 aromatic rings. The predicted molar refractivity (Wildman–Crippen MR) is 142 cm³/mol. The highest BCUT2D eigenvalue weighted by Crippen LogP contribution is 2.46. The average Bonchev–Trinajstić information content (AvgIpc) is 2.87. The highest BCUT2D eigenvalue weighted by atomic mass is 32.2. The van der Waals surface area contributed by atoms with Crippen molar-refractivity contribution in [3.8, 4) is 0 Å². The molecule has 2 N–H and O–H groups in total. The van der Waals surface area contributed by atoms with E-state index in [-0.39, 0.29) is 31.5 Å². The molecule has 39 heavy (non-hydrogen) atoms. The van der Waals surface area contributed by atoms with Crippen LogP contribution in [0, 0.1) is 0 Å². The van der Waals surface area contributed by atoms with Crippen molar-refractivity contribution in [3.05, 3.63) is 59.9 Å². The summed E-state index contributed by atoms with van der Waals surface area (Å²) in [7, 11) is -5.87. The number of sulfonamides is 1. The van der Waals surface area contributed by atoms with Crippen LogP contribution in [0.15, 0.2) is 48.8 Å². The summed E-state index contributed by atoms with van der Waals surface area (Å²) in [5.74, 6) is -0.605. The zero-order chi connectivity index (χ0) is 28.8. The van der Waals surface area contributed by atoms with Crippen LogP contribution >= 0.6 is 7.60 Å². The van der Waals surface area contributed by atoms with Crippen LogP contribution in [0.4, 0.5) is 36.4 Å². The molecule has 212 valence electrons. The number of benzene rings is 1. The van der Waals surface area contributed by atoms with E-state index in [0.717, 1.165) is 10.6 Å². The molecule has 0 fully saturated rings. The number of alkyl halides is 3. The zero-order valence-corrected chi connectivity index (χ0v) is 23.3. The van der Waals surface area contributed by atoms with Crippen molar-refractivity contribution >= 4 is 46.2 Å². The number of aromatic nitrogens is 3. The molecule has 3 rings (SSSR count). The fourth-order valence-electron chi connectivity index (χ4n) is 3.35. The first-order chi connectivity index (χ1) is 18.3. The Hall–Kier alpha value is -3.26. The maximum atomic E-state index is 13.7. The summed E-state index contributed by atoms with van der Waals surface area (Å²) in [6.45, 7) is 3.53. The van der Waals surface area contributed by atoms with Crippen LogP contribution < -0.4 is 20.2 Å². The second-order valence-electron chi connectivity index (χ2n) is 8.03. The molecule has 0 amide bonds. The molecule has 0 spiro atoms. The van der Waals surface area contributed by atoms with Gasteiger partial charge in [-0.15, -0.1) is 0 Å². The molecule has 0 atom stereocenters. The van der Waals surface area contributed by atoms with Crippen LogP contribution in [0.1, 0.15) is 25.0 Å². The van der Waals surface area contributed by atoms with E-state index in [0.29, 0.717) is 22.8 Å². The second-order valence-corrected chi connectivity index (χ2v) is 12.1. The Labute approximate surface area is 224 Å². The van der Waals surface area contributed by atoms with Gasteiger partial charge in [-0.3, -0.25) is 8.87 Å². The first kappa shape index (κ1) is 30.3. The molecule has 0 aliphatic rings. The molecule has 0 unspecified atom stereocenters. The summed E-state index contributed by atoms with van der Waals surface area (Å²) in [6, 6.07) is 9.18. The first-order valence-corrected chi connectivity index (χ1v) is 15.0. The van der Waals surface area contributed by atoms with Gasteiger partial charge in [0.25, 0.3) is 0 Å². The maximum absolute atomic E-state index is 13.7. The Balaban J connectivity index is 1.87. The van der Waals surface area contributed by atoms with Crippen LogP contribution in [0.2, 0.25) is 0 Å². The summed E-state index contributed by atoms with van der Waals surface area (Å²) in [4.78, 5) is 11.8. The van der Waals surface area contributed by atoms with E-state index in [1.165, 1.54) is 49.6 Å². The van der Waals surface area contributed by atoms with Crippen molar-refractivity contribution in [2.45, 2.75) is 26.6 Å². The molecule has 11 nitrogen and oxygen atoms in total. The molecule has 16 heteroatoms. The van der Waals surface area contributed by atoms with Gasteiger partial charge in [-0.1, -0.05) is 6.07 Å². The molecule has 0 aliphatic carbocycles.